The molecule has 0 radical (unpaired) electrons. The maximum Gasteiger partial charge on any atom is 0.223 e. The van der Waals surface area contributed by atoms with Gasteiger partial charge in [0.05, 0.1) is 0 Å². The summed E-state index contributed by atoms with van der Waals surface area (Å²) < 4.78 is 0. The largest absolute Gasteiger partial charge is 0.339 e. The molecule has 0 aromatic rings. The van der Waals surface area contributed by atoms with Gasteiger partial charge in [0.2, 0.25) is 11.8 Å². The lowest BCUT2D eigenvalue weighted by molar-refractivity contribution is -0.138. The van der Waals surface area contributed by atoms with E-state index >= 15 is 0 Å². The minimum atomic E-state index is 0.238. The topological polar surface area (TPSA) is 52.7 Å². The molecule has 0 aromatic carbocycles. The fourth-order valence-corrected chi connectivity index (χ4v) is 2.92. The summed E-state index contributed by atoms with van der Waals surface area (Å²) in [7, 11) is 0. The molecule has 0 spiro atoms. The van der Waals surface area contributed by atoms with Gasteiger partial charge in [-0.2, -0.15) is 0 Å². The highest BCUT2D eigenvalue weighted by molar-refractivity contribution is 5.80. The maximum atomic E-state index is 12.1. The summed E-state index contributed by atoms with van der Waals surface area (Å²) in [6.45, 7) is 2.98. The Morgan fingerprint density at radius 1 is 1.28 bits per heavy atom. The van der Waals surface area contributed by atoms with E-state index in [9.17, 15) is 9.59 Å². The molecule has 1 saturated carbocycles. The predicted octanol–water partition coefficient (Wildman–Crippen LogP) is -0.0383. The van der Waals surface area contributed by atoms with Gasteiger partial charge < -0.3 is 15.1 Å². The Bertz CT molecular complexity index is 354. The first-order chi connectivity index (χ1) is 8.74. The summed E-state index contributed by atoms with van der Waals surface area (Å²) in [5.74, 6) is 0.504. The Hall–Kier alpha value is -1.10. The standard InChI is InChI=1S/C13H21N3O2/c17-12(5-6-14-10-1-2-10)15-7-8-16-11(9-15)3-4-13(16)18/h10-11,14H,1-9H2. The molecule has 2 aliphatic heterocycles. The molecule has 0 aromatic heterocycles. The fourth-order valence-electron chi connectivity index (χ4n) is 2.92. The monoisotopic (exact) mass is 251 g/mol. The molecule has 2 saturated heterocycles. The number of nitrogens with one attached hydrogen (secondary N) is 1. The van der Waals surface area contributed by atoms with Crippen LogP contribution < -0.4 is 5.32 Å². The van der Waals surface area contributed by atoms with E-state index in [4.69, 9.17) is 0 Å². The van der Waals surface area contributed by atoms with Crippen molar-refractivity contribution in [1.29, 1.82) is 0 Å². The third-order valence-electron chi connectivity index (χ3n) is 4.20. The van der Waals surface area contributed by atoms with Gasteiger partial charge in [-0.15, -0.1) is 0 Å². The second kappa shape index (κ2) is 4.88. The summed E-state index contributed by atoms with van der Waals surface area (Å²) >= 11 is 0. The zero-order valence-corrected chi connectivity index (χ0v) is 10.7. The Morgan fingerprint density at radius 2 is 2.11 bits per heavy atom. The lowest BCUT2D eigenvalue weighted by Crippen LogP contribution is -2.53. The molecule has 18 heavy (non-hydrogen) atoms. The highest BCUT2D eigenvalue weighted by Crippen LogP contribution is 2.23. The lowest BCUT2D eigenvalue weighted by atomic mass is 10.1. The molecule has 3 aliphatic rings. The first-order valence-electron chi connectivity index (χ1n) is 7.04. The van der Waals surface area contributed by atoms with Gasteiger partial charge in [0.15, 0.2) is 0 Å². The van der Waals surface area contributed by atoms with Crippen LogP contribution in [0.1, 0.15) is 32.1 Å². The summed E-state index contributed by atoms with van der Waals surface area (Å²) in [6.07, 6.45) is 4.70. The molecule has 100 valence electrons. The minimum Gasteiger partial charge on any atom is -0.339 e. The van der Waals surface area contributed by atoms with E-state index < -0.39 is 0 Å². The minimum absolute atomic E-state index is 0.238. The van der Waals surface area contributed by atoms with Crippen LogP contribution in [-0.4, -0.2) is 59.9 Å². The molecule has 1 unspecified atom stereocenters. The summed E-state index contributed by atoms with van der Waals surface area (Å²) in [6, 6.07) is 0.952. The first kappa shape index (κ1) is 12.0. The molecular formula is C13H21N3O2. The van der Waals surface area contributed by atoms with Crippen molar-refractivity contribution in [3.8, 4) is 0 Å². The van der Waals surface area contributed by atoms with Gasteiger partial charge in [0.1, 0.15) is 0 Å². The van der Waals surface area contributed by atoms with Crippen molar-refractivity contribution in [1.82, 2.24) is 15.1 Å². The molecule has 2 heterocycles. The van der Waals surface area contributed by atoms with Crippen molar-refractivity contribution < 1.29 is 9.59 Å². The smallest absolute Gasteiger partial charge is 0.223 e. The highest BCUT2D eigenvalue weighted by atomic mass is 16.2. The van der Waals surface area contributed by atoms with Crippen molar-refractivity contribution in [2.75, 3.05) is 26.2 Å². The van der Waals surface area contributed by atoms with Crippen LogP contribution in [0.5, 0.6) is 0 Å². The third-order valence-corrected chi connectivity index (χ3v) is 4.20. The summed E-state index contributed by atoms with van der Waals surface area (Å²) in [5.41, 5.74) is 0. The van der Waals surface area contributed by atoms with Gasteiger partial charge in [0, 0.05) is 51.1 Å². The van der Waals surface area contributed by atoms with E-state index in [0.29, 0.717) is 25.4 Å². The molecule has 3 fully saturated rings. The average molecular weight is 251 g/mol. The molecular weight excluding hydrogens is 230 g/mol. The lowest BCUT2D eigenvalue weighted by Gasteiger charge is -2.37. The number of rotatable bonds is 4. The van der Waals surface area contributed by atoms with Crippen LogP contribution in [0.3, 0.4) is 0 Å². The number of carbonyl (C=O) groups excluding carboxylic acids is 2. The van der Waals surface area contributed by atoms with Crippen LogP contribution in [-0.2, 0) is 9.59 Å². The highest BCUT2D eigenvalue weighted by Gasteiger charge is 2.36. The number of piperazine rings is 1. The van der Waals surface area contributed by atoms with E-state index in [0.717, 1.165) is 26.1 Å². The van der Waals surface area contributed by atoms with Crippen LogP contribution in [0.15, 0.2) is 0 Å². The van der Waals surface area contributed by atoms with Crippen molar-refractivity contribution in [2.24, 2.45) is 0 Å². The van der Waals surface area contributed by atoms with Crippen LogP contribution in [0.4, 0.5) is 0 Å². The molecule has 0 bridgehead atoms. The van der Waals surface area contributed by atoms with Gasteiger partial charge in [-0.3, -0.25) is 9.59 Å². The van der Waals surface area contributed by atoms with Gasteiger partial charge in [-0.1, -0.05) is 0 Å². The van der Waals surface area contributed by atoms with Crippen LogP contribution in [0, 0.1) is 0 Å². The zero-order chi connectivity index (χ0) is 12.5. The van der Waals surface area contributed by atoms with Gasteiger partial charge in [-0.25, -0.2) is 0 Å². The Kier molecular flexibility index (Phi) is 3.24. The maximum absolute atomic E-state index is 12.1. The third kappa shape index (κ3) is 2.51. The molecule has 1 N–H and O–H groups in total. The van der Waals surface area contributed by atoms with E-state index in [-0.39, 0.29) is 17.9 Å². The molecule has 1 aliphatic carbocycles. The van der Waals surface area contributed by atoms with E-state index in [1.54, 1.807) is 0 Å². The Morgan fingerprint density at radius 3 is 2.89 bits per heavy atom. The average Bonchev–Trinajstić information content (AvgIpc) is 3.13. The fraction of sp³-hybridized carbons (Fsp3) is 0.846. The number of hydrogen-bond acceptors (Lipinski definition) is 3. The first-order valence-corrected chi connectivity index (χ1v) is 7.04. The molecule has 5 heteroatoms. The quantitative estimate of drug-likeness (QED) is 0.763. The number of carbonyl (C=O) groups is 2. The predicted molar refractivity (Wildman–Crippen MR) is 67.0 cm³/mol. The van der Waals surface area contributed by atoms with Crippen molar-refractivity contribution in [2.45, 2.75) is 44.2 Å². The Balaban J connectivity index is 1.45. The molecule has 3 rings (SSSR count). The number of fused-ring (bicyclic) bond motifs is 1. The Labute approximate surface area is 107 Å². The van der Waals surface area contributed by atoms with Crippen molar-refractivity contribution >= 4 is 11.8 Å². The van der Waals surface area contributed by atoms with Crippen LogP contribution >= 0.6 is 0 Å². The van der Waals surface area contributed by atoms with Crippen molar-refractivity contribution in [3.05, 3.63) is 0 Å². The zero-order valence-electron chi connectivity index (χ0n) is 10.7. The van der Waals surface area contributed by atoms with Crippen molar-refractivity contribution in [3.63, 3.8) is 0 Å². The summed E-state index contributed by atoms with van der Waals surface area (Å²) in [5, 5.41) is 3.37. The molecule has 1 atom stereocenters. The number of nitrogens with zero attached hydrogens (tertiary/aromatic N) is 2. The van der Waals surface area contributed by atoms with E-state index in [2.05, 4.69) is 5.32 Å². The number of amides is 2. The van der Waals surface area contributed by atoms with E-state index in [1.807, 2.05) is 9.80 Å². The van der Waals surface area contributed by atoms with Gasteiger partial charge in [0.25, 0.3) is 0 Å². The molecule has 2 amide bonds. The van der Waals surface area contributed by atoms with Gasteiger partial charge >= 0.3 is 0 Å². The summed E-state index contributed by atoms with van der Waals surface area (Å²) in [4.78, 5) is 27.5. The SMILES string of the molecule is O=C(CCNC1CC1)N1CCN2C(=O)CCC2C1. The molecule has 5 nitrogen and oxygen atoms in total. The van der Waals surface area contributed by atoms with E-state index in [1.165, 1.54) is 12.8 Å². The second-order valence-electron chi connectivity index (χ2n) is 5.60. The number of hydrogen-bond donors (Lipinski definition) is 1. The van der Waals surface area contributed by atoms with Gasteiger partial charge in [-0.05, 0) is 19.3 Å². The second-order valence-corrected chi connectivity index (χ2v) is 5.60. The normalized spacial score (nSPS) is 27.6. The van der Waals surface area contributed by atoms with Crippen LogP contribution in [0.25, 0.3) is 0 Å². The van der Waals surface area contributed by atoms with Crippen LogP contribution in [0.2, 0.25) is 0 Å².